The van der Waals surface area contributed by atoms with E-state index in [4.69, 9.17) is 15.2 Å². The van der Waals surface area contributed by atoms with E-state index in [2.05, 4.69) is 5.32 Å². The van der Waals surface area contributed by atoms with Crippen LogP contribution < -0.4 is 20.5 Å². The van der Waals surface area contributed by atoms with Gasteiger partial charge in [0, 0.05) is 26.1 Å². The Labute approximate surface area is 173 Å². The molecule has 0 unspecified atom stereocenters. The van der Waals surface area contributed by atoms with Crippen LogP contribution in [0.2, 0.25) is 0 Å². The molecule has 28 heavy (non-hydrogen) atoms. The van der Waals surface area contributed by atoms with Gasteiger partial charge in [0.1, 0.15) is 0 Å². The molecule has 3 N–H and O–H groups in total. The van der Waals surface area contributed by atoms with Crippen LogP contribution in [0, 0.1) is 5.92 Å². The highest BCUT2D eigenvalue weighted by Crippen LogP contribution is 2.33. The van der Waals surface area contributed by atoms with Crippen molar-refractivity contribution >= 4 is 24.2 Å². The van der Waals surface area contributed by atoms with Gasteiger partial charge in [0.2, 0.25) is 11.8 Å². The van der Waals surface area contributed by atoms with Crippen LogP contribution in [0.5, 0.6) is 11.5 Å². The molecule has 2 rings (SSSR count). The van der Waals surface area contributed by atoms with Gasteiger partial charge in [-0.05, 0) is 42.0 Å². The lowest BCUT2D eigenvalue weighted by atomic mass is 9.98. The Bertz CT molecular complexity index is 682. The van der Waals surface area contributed by atoms with Crippen molar-refractivity contribution in [2.45, 2.75) is 45.7 Å². The Hall–Kier alpha value is -1.99. The first-order valence-electron chi connectivity index (χ1n) is 9.42. The van der Waals surface area contributed by atoms with Crippen LogP contribution in [0.3, 0.4) is 0 Å². The summed E-state index contributed by atoms with van der Waals surface area (Å²) < 4.78 is 10.7. The van der Waals surface area contributed by atoms with Gasteiger partial charge < -0.3 is 25.4 Å². The zero-order valence-corrected chi connectivity index (χ0v) is 17.9. The second kappa shape index (κ2) is 11.1. The fourth-order valence-electron chi connectivity index (χ4n) is 3.13. The molecule has 0 aromatic heterocycles. The molecular weight excluding hydrogens is 382 g/mol. The first kappa shape index (κ1) is 24.0. The molecule has 0 aliphatic carbocycles. The van der Waals surface area contributed by atoms with Crippen molar-refractivity contribution in [1.82, 2.24) is 10.2 Å². The van der Waals surface area contributed by atoms with E-state index in [1.807, 2.05) is 30.9 Å². The number of fused-ring (bicyclic) bond motifs is 1. The zero-order chi connectivity index (χ0) is 20.0. The molecule has 0 saturated heterocycles. The summed E-state index contributed by atoms with van der Waals surface area (Å²) in [7, 11) is 3.23. The molecule has 1 aromatic rings. The van der Waals surface area contributed by atoms with E-state index >= 15 is 0 Å². The summed E-state index contributed by atoms with van der Waals surface area (Å²) in [5, 5.41) is 2.80. The summed E-state index contributed by atoms with van der Waals surface area (Å²) in [5.74, 6) is 1.42. The van der Waals surface area contributed by atoms with Gasteiger partial charge >= 0.3 is 0 Å². The lowest BCUT2D eigenvalue weighted by Crippen LogP contribution is -2.44. The van der Waals surface area contributed by atoms with Crippen LogP contribution in [-0.2, 0) is 22.6 Å². The Morgan fingerprint density at radius 2 is 1.79 bits per heavy atom. The molecule has 0 bridgehead atoms. The lowest BCUT2D eigenvalue weighted by Gasteiger charge is -2.29. The van der Waals surface area contributed by atoms with Gasteiger partial charge in [-0.25, -0.2) is 0 Å². The number of hydrogen-bond donors (Lipinski definition) is 2. The van der Waals surface area contributed by atoms with Gasteiger partial charge in [-0.3, -0.25) is 9.59 Å². The number of nitrogens with zero attached hydrogens (tertiary/aromatic N) is 1. The number of hydrogen-bond acceptors (Lipinski definition) is 5. The number of ether oxygens (including phenoxy) is 2. The number of amides is 2. The summed E-state index contributed by atoms with van der Waals surface area (Å²) in [4.78, 5) is 26.2. The third kappa shape index (κ3) is 6.01. The van der Waals surface area contributed by atoms with E-state index in [9.17, 15) is 9.59 Å². The number of methoxy groups -OCH3 is 2. The molecule has 1 aliphatic heterocycles. The summed E-state index contributed by atoms with van der Waals surface area (Å²) in [5.41, 5.74) is 8.08. The summed E-state index contributed by atoms with van der Waals surface area (Å²) in [6.07, 6.45) is 1.80. The molecular formula is C20H32ClN3O4. The largest absolute Gasteiger partial charge is 0.493 e. The number of benzene rings is 1. The van der Waals surface area contributed by atoms with Crippen LogP contribution in [-0.4, -0.2) is 50.1 Å². The second-order valence-corrected chi connectivity index (χ2v) is 7.21. The highest BCUT2D eigenvalue weighted by atomic mass is 35.5. The predicted molar refractivity (Wildman–Crippen MR) is 111 cm³/mol. The van der Waals surface area contributed by atoms with Gasteiger partial charge in [-0.15, -0.1) is 12.4 Å². The zero-order valence-electron chi connectivity index (χ0n) is 17.1. The van der Waals surface area contributed by atoms with Crippen molar-refractivity contribution in [3.05, 3.63) is 23.3 Å². The minimum atomic E-state index is -0.508. The smallest absolute Gasteiger partial charge is 0.237 e. The van der Waals surface area contributed by atoms with Crippen molar-refractivity contribution < 1.29 is 19.1 Å². The molecule has 0 radical (unpaired) electrons. The van der Waals surface area contributed by atoms with Gasteiger partial charge in [0.15, 0.2) is 11.5 Å². The van der Waals surface area contributed by atoms with E-state index in [1.165, 1.54) is 5.56 Å². The molecule has 7 nitrogen and oxygen atoms in total. The first-order chi connectivity index (χ1) is 12.9. The Balaban J connectivity index is 0.00000392. The van der Waals surface area contributed by atoms with Gasteiger partial charge in [-0.2, -0.15) is 0 Å². The van der Waals surface area contributed by atoms with Crippen molar-refractivity contribution in [3.63, 3.8) is 0 Å². The average molecular weight is 414 g/mol. The Kier molecular flexibility index (Phi) is 9.55. The van der Waals surface area contributed by atoms with E-state index in [0.717, 1.165) is 12.0 Å². The highest BCUT2D eigenvalue weighted by Gasteiger charge is 2.23. The number of carbonyl (C=O) groups is 2. The fourth-order valence-corrected chi connectivity index (χ4v) is 3.13. The Morgan fingerprint density at radius 1 is 1.18 bits per heavy atom. The average Bonchev–Trinajstić information content (AvgIpc) is 2.68. The number of rotatable bonds is 8. The third-order valence-corrected chi connectivity index (χ3v) is 4.96. The molecule has 1 aromatic carbocycles. The van der Waals surface area contributed by atoms with Crippen LogP contribution in [0.25, 0.3) is 0 Å². The van der Waals surface area contributed by atoms with Gasteiger partial charge in [0.05, 0.1) is 20.3 Å². The van der Waals surface area contributed by atoms with E-state index < -0.39 is 6.04 Å². The molecule has 2 amide bonds. The lowest BCUT2D eigenvalue weighted by molar-refractivity contribution is -0.132. The number of carbonyl (C=O) groups excluding carboxylic acids is 2. The minimum Gasteiger partial charge on any atom is -0.493 e. The number of halogens is 1. The normalized spacial score (nSPS) is 14.0. The predicted octanol–water partition coefficient (Wildman–Crippen LogP) is 1.89. The van der Waals surface area contributed by atoms with Crippen LogP contribution in [0.1, 0.15) is 37.8 Å². The molecule has 1 aliphatic rings. The van der Waals surface area contributed by atoms with Crippen LogP contribution in [0.4, 0.5) is 0 Å². The topological polar surface area (TPSA) is 93.9 Å². The van der Waals surface area contributed by atoms with Gasteiger partial charge in [0.25, 0.3) is 0 Å². The van der Waals surface area contributed by atoms with Crippen molar-refractivity contribution in [3.8, 4) is 11.5 Å². The molecule has 1 heterocycles. The molecule has 8 heteroatoms. The van der Waals surface area contributed by atoms with E-state index in [0.29, 0.717) is 44.0 Å². The standard InChI is InChI=1S/C20H31N3O4.ClH/c1-13(2)19(21)20(25)22-8-5-6-18(24)23-9-7-14-10-16(26-3)17(27-4)11-15(14)12-23;/h10-11,13,19H,5-9,12,21H2,1-4H3,(H,22,25);1H/t19-;/m0./s1. The maximum atomic E-state index is 12.5. The Morgan fingerprint density at radius 3 is 2.36 bits per heavy atom. The second-order valence-electron chi connectivity index (χ2n) is 7.21. The fraction of sp³-hybridized carbons (Fsp3) is 0.600. The minimum absolute atomic E-state index is 0. The molecule has 0 spiro atoms. The van der Waals surface area contributed by atoms with Crippen molar-refractivity contribution in [1.29, 1.82) is 0 Å². The van der Waals surface area contributed by atoms with E-state index in [1.54, 1.807) is 14.2 Å². The maximum absolute atomic E-state index is 12.5. The molecule has 1 atom stereocenters. The summed E-state index contributed by atoms with van der Waals surface area (Å²) in [6, 6.07) is 3.43. The summed E-state index contributed by atoms with van der Waals surface area (Å²) in [6.45, 7) is 5.53. The maximum Gasteiger partial charge on any atom is 0.237 e. The van der Waals surface area contributed by atoms with Gasteiger partial charge in [-0.1, -0.05) is 13.8 Å². The third-order valence-electron chi connectivity index (χ3n) is 4.96. The van der Waals surface area contributed by atoms with E-state index in [-0.39, 0.29) is 30.1 Å². The number of nitrogens with one attached hydrogen (secondary N) is 1. The SMILES string of the molecule is COc1cc2c(cc1OC)CN(C(=O)CCCNC(=O)[C@@H](N)C(C)C)CC2.Cl. The van der Waals surface area contributed by atoms with Crippen molar-refractivity contribution in [2.24, 2.45) is 11.7 Å². The van der Waals surface area contributed by atoms with Crippen molar-refractivity contribution in [2.75, 3.05) is 27.3 Å². The molecule has 0 fully saturated rings. The quantitative estimate of drug-likeness (QED) is 0.635. The highest BCUT2D eigenvalue weighted by molar-refractivity contribution is 5.85. The van der Waals surface area contributed by atoms with Crippen LogP contribution >= 0.6 is 12.4 Å². The number of nitrogens with two attached hydrogens (primary N) is 1. The first-order valence-corrected chi connectivity index (χ1v) is 9.42. The molecule has 0 saturated carbocycles. The van der Waals surface area contributed by atoms with Crippen LogP contribution in [0.15, 0.2) is 12.1 Å². The summed E-state index contributed by atoms with van der Waals surface area (Å²) >= 11 is 0. The monoisotopic (exact) mass is 413 g/mol. The molecule has 158 valence electrons.